The predicted octanol–water partition coefficient (Wildman–Crippen LogP) is 1.49. The number of hydrogen-bond acceptors (Lipinski definition) is 3. The molecule has 7 heteroatoms. The van der Waals surface area contributed by atoms with Crippen LogP contribution < -0.4 is 10.6 Å². The molecule has 0 aromatic carbocycles. The first-order valence-electron chi connectivity index (χ1n) is 9.12. The van der Waals surface area contributed by atoms with Crippen LogP contribution in [0.15, 0.2) is 4.99 Å². The highest BCUT2D eigenvalue weighted by molar-refractivity contribution is 5.86. The molecule has 1 aromatic heterocycles. The van der Waals surface area contributed by atoms with E-state index in [1.165, 1.54) is 19.3 Å². The Labute approximate surface area is 150 Å². The Bertz CT molecular complexity index is 613. The molecule has 1 amide bonds. The van der Waals surface area contributed by atoms with E-state index in [1.807, 2.05) is 18.7 Å². The first-order valence-corrected chi connectivity index (χ1v) is 9.12. The van der Waals surface area contributed by atoms with Crippen LogP contribution in [-0.2, 0) is 18.4 Å². The second-order valence-corrected chi connectivity index (χ2v) is 7.06. The zero-order chi connectivity index (χ0) is 18.4. The number of amides is 1. The highest BCUT2D eigenvalue weighted by Gasteiger charge is 2.16. The number of nitrogens with zero attached hydrogens (tertiary/aromatic N) is 4. The van der Waals surface area contributed by atoms with Gasteiger partial charge in [0.1, 0.15) is 0 Å². The van der Waals surface area contributed by atoms with Gasteiger partial charge in [-0.3, -0.25) is 9.48 Å². The van der Waals surface area contributed by atoms with Crippen molar-refractivity contribution in [3.8, 4) is 0 Å². The van der Waals surface area contributed by atoms with E-state index in [2.05, 4.69) is 22.7 Å². The molecule has 2 rings (SSSR count). The molecule has 2 N–H and O–H groups in total. The molecule has 0 bridgehead atoms. The smallest absolute Gasteiger partial charge is 0.241 e. The van der Waals surface area contributed by atoms with Gasteiger partial charge in [-0.1, -0.05) is 19.3 Å². The Morgan fingerprint density at radius 3 is 2.52 bits per heavy atom. The second kappa shape index (κ2) is 8.87. The number of aryl methyl sites for hydroxylation is 2. The number of aromatic nitrogens is 2. The van der Waals surface area contributed by atoms with E-state index < -0.39 is 0 Å². The first-order chi connectivity index (χ1) is 11.9. The summed E-state index contributed by atoms with van der Waals surface area (Å²) in [5.74, 6) is 0.747. The molecule has 1 aliphatic carbocycles. The molecule has 0 atom stereocenters. The Morgan fingerprint density at radius 1 is 1.28 bits per heavy atom. The fourth-order valence-corrected chi connectivity index (χ4v) is 3.11. The van der Waals surface area contributed by atoms with Crippen molar-refractivity contribution in [2.75, 3.05) is 20.6 Å². The quantitative estimate of drug-likeness (QED) is 0.625. The molecular weight excluding hydrogens is 316 g/mol. The summed E-state index contributed by atoms with van der Waals surface area (Å²) in [6.45, 7) is 4.87. The predicted molar refractivity (Wildman–Crippen MR) is 101 cm³/mol. The van der Waals surface area contributed by atoms with Crippen LogP contribution in [0.1, 0.15) is 49.1 Å². The van der Waals surface area contributed by atoms with Crippen molar-refractivity contribution in [3.63, 3.8) is 0 Å². The zero-order valence-corrected chi connectivity index (χ0v) is 16.2. The third-order valence-corrected chi connectivity index (χ3v) is 4.91. The maximum Gasteiger partial charge on any atom is 0.241 e. The second-order valence-electron chi connectivity index (χ2n) is 7.06. The van der Waals surface area contributed by atoms with Crippen LogP contribution in [0.5, 0.6) is 0 Å². The number of hydrogen-bond donors (Lipinski definition) is 2. The van der Waals surface area contributed by atoms with Gasteiger partial charge in [0.2, 0.25) is 5.91 Å². The summed E-state index contributed by atoms with van der Waals surface area (Å²) in [6, 6.07) is 0.436. The molecule has 0 aliphatic heterocycles. The zero-order valence-electron chi connectivity index (χ0n) is 16.2. The fraction of sp³-hybridized carbons (Fsp3) is 0.722. The van der Waals surface area contributed by atoms with Crippen molar-refractivity contribution < 1.29 is 4.79 Å². The van der Waals surface area contributed by atoms with Gasteiger partial charge < -0.3 is 15.5 Å². The average molecular weight is 348 g/mol. The lowest BCUT2D eigenvalue weighted by molar-refractivity contribution is -0.127. The van der Waals surface area contributed by atoms with E-state index in [9.17, 15) is 4.79 Å². The molecule has 0 spiro atoms. The van der Waals surface area contributed by atoms with E-state index in [4.69, 9.17) is 4.99 Å². The summed E-state index contributed by atoms with van der Waals surface area (Å²) in [6.07, 6.45) is 6.14. The minimum Gasteiger partial charge on any atom is -0.354 e. The number of rotatable bonds is 5. The minimum atomic E-state index is 0.0342. The highest BCUT2D eigenvalue weighted by atomic mass is 16.2. The van der Waals surface area contributed by atoms with E-state index in [0.717, 1.165) is 29.8 Å². The number of carbonyl (C=O) groups excluding carboxylic acids is 1. The van der Waals surface area contributed by atoms with Crippen LogP contribution in [0.3, 0.4) is 0 Å². The standard InChI is InChI=1S/C18H32N6O/c1-13-16(14(2)24(5)22-13)11-19-18(20-12-17(25)23(3)4)21-15-9-7-6-8-10-15/h15H,6-12H2,1-5H3,(H2,19,20,21). The molecule has 0 radical (unpaired) electrons. The molecule has 1 fully saturated rings. The largest absolute Gasteiger partial charge is 0.354 e. The lowest BCUT2D eigenvalue weighted by Crippen LogP contribution is -2.47. The minimum absolute atomic E-state index is 0.0342. The summed E-state index contributed by atoms with van der Waals surface area (Å²) in [7, 11) is 5.47. The van der Waals surface area contributed by atoms with Gasteiger partial charge in [-0.25, -0.2) is 4.99 Å². The summed E-state index contributed by atoms with van der Waals surface area (Å²) >= 11 is 0. The lowest BCUT2D eigenvalue weighted by atomic mass is 9.96. The molecule has 25 heavy (non-hydrogen) atoms. The average Bonchev–Trinajstić information content (AvgIpc) is 2.83. The Hall–Kier alpha value is -2.05. The van der Waals surface area contributed by atoms with Crippen molar-refractivity contribution in [3.05, 3.63) is 17.0 Å². The van der Waals surface area contributed by atoms with Crippen LogP contribution in [0, 0.1) is 13.8 Å². The van der Waals surface area contributed by atoms with Crippen molar-refractivity contribution in [2.45, 2.75) is 58.5 Å². The van der Waals surface area contributed by atoms with Gasteiger partial charge in [-0.2, -0.15) is 5.10 Å². The molecular formula is C18H32N6O. The van der Waals surface area contributed by atoms with Crippen LogP contribution in [0.4, 0.5) is 0 Å². The molecule has 140 valence electrons. The van der Waals surface area contributed by atoms with Gasteiger partial charge >= 0.3 is 0 Å². The SMILES string of the molecule is Cc1nn(C)c(C)c1CN=C(NCC(=O)N(C)C)NC1CCCCC1. The molecule has 7 nitrogen and oxygen atoms in total. The summed E-state index contributed by atoms with van der Waals surface area (Å²) in [5.41, 5.74) is 3.28. The monoisotopic (exact) mass is 348 g/mol. The Kier molecular flexibility index (Phi) is 6.84. The summed E-state index contributed by atoms with van der Waals surface area (Å²) in [4.78, 5) is 18.2. The Morgan fingerprint density at radius 2 is 1.96 bits per heavy atom. The van der Waals surface area contributed by atoms with Crippen molar-refractivity contribution in [2.24, 2.45) is 12.0 Å². The van der Waals surface area contributed by atoms with E-state index in [1.54, 1.807) is 19.0 Å². The normalized spacial score (nSPS) is 16.0. The number of guanidine groups is 1. The number of likely N-dealkylation sites (N-methyl/N-ethyl adjacent to an activating group) is 1. The van der Waals surface area contributed by atoms with Gasteiger partial charge in [0.25, 0.3) is 0 Å². The molecule has 1 aliphatic rings. The van der Waals surface area contributed by atoms with Crippen molar-refractivity contribution >= 4 is 11.9 Å². The molecule has 1 heterocycles. The van der Waals surface area contributed by atoms with Crippen LogP contribution in [-0.4, -0.2) is 53.2 Å². The van der Waals surface area contributed by atoms with E-state index in [-0.39, 0.29) is 12.5 Å². The van der Waals surface area contributed by atoms with Gasteiger partial charge in [0, 0.05) is 38.4 Å². The summed E-state index contributed by atoms with van der Waals surface area (Å²) in [5, 5.41) is 11.1. The maximum absolute atomic E-state index is 11.9. The summed E-state index contributed by atoms with van der Waals surface area (Å²) < 4.78 is 1.89. The number of nitrogens with one attached hydrogen (secondary N) is 2. The van der Waals surface area contributed by atoms with Gasteiger partial charge in [-0.15, -0.1) is 0 Å². The molecule has 0 unspecified atom stereocenters. The van der Waals surface area contributed by atoms with E-state index in [0.29, 0.717) is 18.5 Å². The Balaban J connectivity index is 2.06. The highest BCUT2D eigenvalue weighted by Crippen LogP contribution is 2.17. The van der Waals surface area contributed by atoms with Crippen molar-refractivity contribution in [1.29, 1.82) is 0 Å². The van der Waals surface area contributed by atoms with Gasteiger partial charge in [0.15, 0.2) is 5.96 Å². The molecule has 1 aromatic rings. The van der Waals surface area contributed by atoms with Crippen molar-refractivity contribution in [1.82, 2.24) is 25.3 Å². The van der Waals surface area contributed by atoms with Crippen LogP contribution in [0.25, 0.3) is 0 Å². The van der Waals surface area contributed by atoms with Crippen LogP contribution >= 0.6 is 0 Å². The van der Waals surface area contributed by atoms with Gasteiger partial charge in [-0.05, 0) is 26.7 Å². The third-order valence-electron chi connectivity index (χ3n) is 4.91. The topological polar surface area (TPSA) is 74.5 Å². The van der Waals surface area contributed by atoms with Crippen LogP contribution in [0.2, 0.25) is 0 Å². The molecule has 0 saturated heterocycles. The lowest BCUT2D eigenvalue weighted by Gasteiger charge is -2.25. The number of aliphatic imine (C=N–C) groups is 1. The third kappa shape index (κ3) is 5.47. The fourth-order valence-electron chi connectivity index (χ4n) is 3.11. The maximum atomic E-state index is 11.9. The number of carbonyl (C=O) groups is 1. The molecule has 1 saturated carbocycles. The van der Waals surface area contributed by atoms with E-state index >= 15 is 0 Å². The van der Waals surface area contributed by atoms with Gasteiger partial charge in [0.05, 0.1) is 18.8 Å². The first kappa shape index (κ1) is 19.3.